The van der Waals surface area contributed by atoms with E-state index in [9.17, 15) is 5.11 Å². The molecular weight excluding hydrogens is 262 g/mol. The van der Waals surface area contributed by atoms with Gasteiger partial charge < -0.3 is 14.6 Å². The predicted octanol–water partition coefficient (Wildman–Crippen LogP) is 2.35. The number of hydrogen-bond donors (Lipinski definition) is 1. The molecule has 1 heterocycles. The summed E-state index contributed by atoms with van der Waals surface area (Å²) >= 11 is 0. The van der Waals surface area contributed by atoms with E-state index in [0.717, 1.165) is 29.7 Å². The van der Waals surface area contributed by atoms with Crippen molar-refractivity contribution in [3.63, 3.8) is 0 Å². The van der Waals surface area contributed by atoms with Crippen LogP contribution >= 0.6 is 0 Å². The standard InChI is InChI=1S/C17H25N3O/c1-19(2)17(10-6-7-11-17)15(21)12-16-18-13-8-4-5-9-14(13)20(16)3/h4-5,8-9,15,21H,6-7,10-12H2,1-3H3. The second-order valence-electron chi connectivity index (χ2n) is 6.50. The number of hydrogen-bond acceptors (Lipinski definition) is 3. The Morgan fingerprint density at radius 3 is 2.57 bits per heavy atom. The van der Waals surface area contributed by atoms with Gasteiger partial charge in [0.2, 0.25) is 0 Å². The van der Waals surface area contributed by atoms with Gasteiger partial charge in [0, 0.05) is 19.0 Å². The lowest BCUT2D eigenvalue weighted by Gasteiger charge is -2.40. The Balaban J connectivity index is 1.89. The Morgan fingerprint density at radius 2 is 1.95 bits per heavy atom. The molecule has 0 spiro atoms. The van der Waals surface area contributed by atoms with E-state index in [4.69, 9.17) is 4.98 Å². The van der Waals surface area contributed by atoms with Crippen molar-refractivity contribution in [3.05, 3.63) is 30.1 Å². The van der Waals surface area contributed by atoms with Crippen molar-refractivity contribution >= 4 is 11.0 Å². The molecule has 1 aromatic carbocycles. The van der Waals surface area contributed by atoms with Crippen LogP contribution in [0.25, 0.3) is 11.0 Å². The fourth-order valence-electron chi connectivity index (χ4n) is 3.81. The molecule has 4 heteroatoms. The molecule has 0 aliphatic heterocycles. The molecule has 4 nitrogen and oxygen atoms in total. The molecule has 0 saturated heterocycles. The Hall–Kier alpha value is -1.39. The van der Waals surface area contributed by atoms with Crippen molar-refractivity contribution in [2.75, 3.05) is 14.1 Å². The Labute approximate surface area is 126 Å². The zero-order valence-electron chi connectivity index (χ0n) is 13.2. The first-order valence-electron chi connectivity index (χ1n) is 7.80. The number of aryl methyl sites for hydroxylation is 1. The van der Waals surface area contributed by atoms with Gasteiger partial charge in [-0.1, -0.05) is 25.0 Å². The summed E-state index contributed by atoms with van der Waals surface area (Å²) in [5, 5.41) is 10.9. The second kappa shape index (κ2) is 5.43. The highest BCUT2D eigenvalue weighted by atomic mass is 16.3. The van der Waals surface area contributed by atoms with Crippen LogP contribution in [0.1, 0.15) is 31.5 Å². The van der Waals surface area contributed by atoms with Crippen LogP contribution in [0.15, 0.2) is 24.3 Å². The van der Waals surface area contributed by atoms with Crippen molar-refractivity contribution in [1.29, 1.82) is 0 Å². The van der Waals surface area contributed by atoms with Crippen LogP contribution in [0, 0.1) is 0 Å². The molecular formula is C17H25N3O. The Morgan fingerprint density at radius 1 is 1.29 bits per heavy atom. The maximum atomic E-state index is 10.9. The molecule has 114 valence electrons. The van der Waals surface area contributed by atoms with E-state index in [-0.39, 0.29) is 11.6 Å². The van der Waals surface area contributed by atoms with Gasteiger partial charge >= 0.3 is 0 Å². The van der Waals surface area contributed by atoms with Crippen LogP contribution in [0.3, 0.4) is 0 Å². The summed E-state index contributed by atoms with van der Waals surface area (Å²) in [5.41, 5.74) is 2.05. The van der Waals surface area contributed by atoms with E-state index in [2.05, 4.69) is 29.6 Å². The minimum absolute atomic E-state index is 0.0852. The van der Waals surface area contributed by atoms with E-state index in [1.807, 2.05) is 25.2 Å². The van der Waals surface area contributed by atoms with Crippen molar-refractivity contribution in [2.45, 2.75) is 43.7 Å². The monoisotopic (exact) mass is 287 g/mol. The van der Waals surface area contributed by atoms with E-state index < -0.39 is 0 Å². The minimum Gasteiger partial charge on any atom is -0.391 e. The zero-order valence-corrected chi connectivity index (χ0v) is 13.2. The smallest absolute Gasteiger partial charge is 0.112 e. The molecule has 0 radical (unpaired) electrons. The summed E-state index contributed by atoms with van der Waals surface area (Å²) in [6.07, 6.45) is 4.81. The first-order chi connectivity index (χ1) is 10.0. The molecule has 0 bridgehead atoms. The zero-order chi connectivity index (χ0) is 15.0. The van der Waals surface area contributed by atoms with Gasteiger partial charge in [-0.25, -0.2) is 4.98 Å². The van der Waals surface area contributed by atoms with Crippen LogP contribution in [0.2, 0.25) is 0 Å². The highest BCUT2D eigenvalue weighted by Crippen LogP contribution is 2.37. The lowest BCUT2D eigenvalue weighted by Crippen LogP contribution is -2.52. The maximum absolute atomic E-state index is 10.9. The molecule has 1 aliphatic carbocycles. The lowest BCUT2D eigenvalue weighted by atomic mass is 9.87. The average Bonchev–Trinajstić information content (AvgIpc) is 3.07. The molecule has 1 saturated carbocycles. The molecule has 0 amide bonds. The second-order valence-corrected chi connectivity index (χ2v) is 6.50. The minimum atomic E-state index is -0.370. The molecule has 1 N–H and O–H groups in total. The van der Waals surface area contributed by atoms with Gasteiger partial charge in [-0.3, -0.25) is 0 Å². The first-order valence-corrected chi connectivity index (χ1v) is 7.80. The molecule has 1 fully saturated rings. The average molecular weight is 287 g/mol. The van der Waals surface area contributed by atoms with Crippen LogP contribution < -0.4 is 0 Å². The largest absolute Gasteiger partial charge is 0.391 e. The van der Waals surface area contributed by atoms with Crippen LogP contribution in [0.5, 0.6) is 0 Å². The highest BCUT2D eigenvalue weighted by Gasteiger charge is 2.42. The summed E-state index contributed by atoms with van der Waals surface area (Å²) in [5.74, 6) is 0.969. The molecule has 21 heavy (non-hydrogen) atoms. The van der Waals surface area contributed by atoms with Crippen LogP contribution in [0.4, 0.5) is 0 Å². The SMILES string of the molecule is CN(C)C1(C(O)Cc2nc3ccccc3n2C)CCCC1. The van der Waals surface area contributed by atoms with Crippen LogP contribution in [-0.4, -0.2) is 45.3 Å². The number of likely N-dealkylation sites (N-methyl/N-ethyl adjacent to an activating group) is 1. The summed E-state index contributed by atoms with van der Waals surface area (Å²) in [6, 6.07) is 8.15. The van der Waals surface area contributed by atoms with E-state index in [1.54, 1.807) is 0 Å². The summed E-state index contributed by atoms with van der Waals surface area (Å²) < 4.78 is 2.11. The molecule has 1 atom stereocenters. The molecule has 2 aromatic rings. The van der Waals surface area contributed by atoms with Gasteiger partial charge in [0.1, 0.15) is 5.82 Å². The Bertz CT molecular complexity index is 626. The van der Waals surface area contributed by atoms with Gasteiger partial charge in [0.05, 0.1) is 17.1 Å². The number of imidazole rings is 1. The fourth-order valence-corrected chi connectivity index (χ4v) is 3.81. The van der Waals surface area contributed by atoms with Gasteiger partial charge in [0.25, 0.3) is 0 Å². The van der Waals surface area contributed by atoms with Crippen molar-refractivity contribution < 1.29 is 5.11 Å². The molecule has 1 aromatic heterocycles. The summed E-state index contributed by atoms with van der Waals surface area (Å²) in [7, 11) is 6.21. The van der Waals surface area contributed by atoms with Gasteiger partial charge in [-0.15, -0.1) is 0 Å². The van der Waals surface area contributed by atoms with Gasteiger partial charge in [-0.2, -0.15) is 0 Å². The van der Waals surface area contributed by atoms with E-state index in [1.165, 1.54) is 12.8 Å². The van der Waals surface area contributed by atoms with Crippen LogP contribution in [-0.2, 0) is 13.5 Å². The lowest BCUT2D eigenvalue weighted by molar-refractivity contribution is -0.00386. The number of benzene rings is 1. The van der Waals surface area contributed by atoms with Crippen molar-refractivity contribution in [3.8, 4) is 0 Å². The number of rotatable bonds is 4. The predicted molar refractivity (Wildman–Crippen MR) is 85.3 cm³/mol. The third-order valence-corrected chi connectivity index (χ3v) is 5.24. The first kappa shape index (κ1) is 14.5. The fraction of sp³-hybridized carbons (Fsp3) is 0.588. The van der Waals surface area contributed by atoms with E-state index in [0.29, 0.717) is 6.42 Å². The summed E-state index contributed by atoms with van der Waals surface area (Å²) in [6.45, 7) is 0. The molecule has 3 rings (SSSR count). The van der Waals surface area contributed by atoms with Gasteiger partial charge in [0.15, 0.2) is 0 Å². The third-order valence-electron chi connectivity index (χ3n) is 5.24. The quantitative estimate of drug-likeness (QED) is 0.938. The number of aromatic nitrogens is 2. The maximum Gasteiger partial charge on any atom is 0.112 e. The number of fused-ring (bicyclic) bond motifs is 1. The third kappa shape index (κ3) is 2.36. The molecule has 1 aliphatic rings. The topological polar surface area (TPSA) is 41.3 Å². The number of nitrogens with zero attached hydrogens (tertiary/aromatic N) is 3. The van der Waals surface area contributed by atoms with Crippen molar-refractivity contribution in [1.82, 2.24) is 14.5 Å². The summed E-state index contributed by atoms with van der Waals surface area (Å²) in [4.78, 5) is 6.91. The normalized spacial score (nSPS) is 19.5. The van der Waals surface area contributed by atoms with Crippen molar-refractivity contribution in [2.24, 2.45) is 7.05 Å². The highest BCUT2D eigenvalue weighted by molar-refractivity contribution is 5.75. The molecule has 1 unspecified atom stereocenters. The van der Waals surface area contributed by atoms with Gasteiger partial charge in [-0.05, 0) is 39.1 Å². The number of aliphatic hydroxyl groups is 1. The number of para-hydroxylation sites is 2. The Kier molecular flexibility index (Phi) is 3.76. The number of aliphatic hydroxyl groups excluding tert-OH is 1. The van der Waals surface area contributed by atoms with E-state index >= 15 is 0 Å².